The Kier molecular flexibility index (Phi) is 4.48. The molecule has 1 amide bonds. The largest absolute Gasteiger partial charge is 0.332 e. The van der Waals surface area contributed by atoms with E-state index in [0.29, 0.717) is 0 Å². The number of rotatable bonds is 3. The summed E-state index contributed by atoms with van der Waals surface area (Å²) in [6.07, 6.45) is 1.23. The van der Waals surface area contributed by atoms with Crippen molar-refractivity contribution < 1.29 is 13.6 Å². The molecule has 0 bridgehead atoms. The second-order valence-corrected chi connectivity index (χ2v) is 6.40. The van der Waals surface area contributed by atoms with Crippen LogP contribution in [-0.4, -0.2) is 24.6 Å². The lowest BCUT2D eigenvalue weighted by molar-refractivity contribution is -0.116. The third-order valence-corrected chi connectivity index (χ3v) is 4.42. The molecule has 136 valence electrons. The zero-order valence-electron chi connectivity index (χ0n) is 13.6. The van der Waals surface area contributed by atoms with E-state index in [9.17, 15) is 23.2 Å². The van der Waals surface area contributed by atoms with Crippen LogP contribution in [0.2, 0.25) is 0 Å². The molecule has 0 atom stereocenters. The number of aryl methyl sites for hydroxylation is 1. The summed E-state index contributed by atoms with van der Waals surface area (Å²) in [5, 5.41) is 2.24. The molecule has 3 aromatic rings. The predicted molar refractivity (Wildman–Crippen MR) is 92.9 cm³/mol. The van der Waals surface area contributed by atoms with Gasteiger partial charge in [-0.3, -0.25) is 18.7 Å². The van der Waals surface area contributed by atoms with Gasteiger partial charge in [-0.2, -0.15) is 0 Å². The standard InChI is InChI=1S/C15H12BrF2N5O3/c1-21-13-12(14(25)22(2)15(21)26)23(6-19-13)5-11(24)20-10-4-8(17)7(16)3-9(10)18/h3-4,6H,5H2,1-2H3,(H,20,24). The highest BCUT2D eigenvalue weighted by molar-refractivity contribution is 9.10. The summed E-state index contributed by atoms with van der Waals surface area (Å²) in [5.74, 6) is -2.25. The van der Waals surface area contributed by atoms with E-state index in [1.807, 2.05) is 0 Å². The number of fused-ring (bicyclic) bond motifs is 1. The van der Waals surface area contributed by atoms with Crippen LogP contribution in [0, 0.1) is 11.6 Å². The fourth-order valence-corrected chi connectivity index (χ4v) is 2.80. The zero-order chi connectivity index (χ0) is 19.2. The summed E-state index contributed by atoms with van der Waals surface area (Å²) in [6.45, 7) is -0.374. The lowest BCUT2D eigenvalue weighted by atomic mass is 10.3. The molecular weight excluding hydrogens is 416 g/mol. The van der Waals surface area contributed by atoms with E-state index < -0.39 is 28.8 Å². The van der Waals surface area contributed by atoms with Gasteiger partial charge in [0.1, 0.15) is 18.2 Å². The quantitative estimate of drug-likeness (QED) is 0.633. The molecule has 0 radical (unpaired) electrons. The molecule has 0 aliphatic rings. The number of imidazole rings is 1. The third kappa shape index (κ3) is 2.94. The highest BCUT2D eigenvalue weighted by atomic mass is 79.9. The van der Waals surface area contributed by atoms with Gasteiger partial charge in [-0.05, 0) is 22.0 Å². The lowest BCUT2D eigenvalue weighted by Crippen LogP contribution is -2.37. The van der Waals surface area contributed by atoms with Crippen LogP contribution in [0.4, 0.5) is 14.5 Å². The molecule has 0 spiro atoms. The normalized spacial score (nSPS) is 11.1. The first-order valence-corrected chi connectivity index (χ1v) is 8.05. The maximum atomic E-state index is 13.8. The molecule has 26 heavy (non-hydrogen) atoms. The Morgan fingerprint density at radius 1 is 1.19 bits per heavy atom. The number of benzene rings is 1. The zero-order valence-corrected chi connectivity index (χ0v) is 15.2. The van der Waals surface area contributed by atoms with Crippen molar-refractivity contribution in [2.24, 2.45) is 14.1 Å². The van der Waals surface area contributed by atoms with E-state index in [1.54, 1.807) is 0 Å². The minimum atomic E-state index is -0.819. The Balaban J connectivity index is 1.95. The minimum absolute atomic E-state index is 0.0483. The Morgan fingerprint density at radius 2 is 1.88 bits per heavy atom. The molecule has 2 heterocycles. The molecule has 2 aromatic heterocycles. The molecule has 1 aromatic carbocycles. The van der Waals surface area contributed by atoms with Crippen LogP contribution < -0.4 is 16.6 Å². The first-order chi connectivity index (χ1) is 12.2. The van der Waals surface area contributed by atoms with E-state index >= 15 is 0 Å². The Morgan fingerprint density at radius 3 is 2.58 bits per heavy atom. The molecule has 8 nitrogen and oxygen atoms in total. The molecule has 0 aliphatic carbocycles. The van der Waals surface area contributed by atoms with Gasteiger partial charge in [0.15, 0.2) is 11.2 Å². The first kappa shape index (κ1) is 18.0. The maximum absolute atomic E-state index is 13.8. The summed E-state index contributed by atoms with van der Waals surface area (Å²) in [4.78, 5) is 40.3. The maximum Gasteiger partial charge on any atom is 0.332 e. The van der Waals surface area contributed by atoms with E-state index in [2.05, 4.69) is 26.2 Å². The number of hydrogen-bond acceptors (Lipinski definition) is 4. The van der Waals surface area contributed by atoms with Crippen LogP contribution in [0.3, 0.4) is 0 Å². The number of halogens is 3. The number of nitrogens with one attached hydrogen (secondary N) is 1. The topological polar surface area (TPSA) is 90.9 Å². The molecule has 0 unspecified atom stereocenters. The van der Waals surface area contributed by atoms with Crippen molar-refractivity contribution >= 4 is 38.7 Å². The van der Waals surface area contributed by atoms with Crippen LogP contribution in [0.25, 0.3) is 11.2 Å². The molecule has 1 N–H and O–H groups in total. The summed E-state index contributed by atoms with van der Waals surface area (Å²) >= 11 is 2.84. The summed E-state index contributed by atoms with van der Waals surface area (Å²) in [7, 11) is 2.75. The number of hydrogen-bond donors (Lipinski definition) is 1. The van der Waals surface area contributed by atoms with E-state index in [-0.39, 0.29) is 27.9 Å². The van der Waals surface area contributed by atoms with Crippen molar-refractivity contribution in [1.82, 2.24) is 18.7 Å². The van der Waals surface area contributed by atoms with Crippen molar-refractivity contribution in [3.05, 3.63) is 55.4 Å². The second kappa shape index (κ2) is 6.48. The van der Waals surface area contributed by atoms with Crippen molar-refractivity contribution in [1.29, 1.82) is 0 Å². The molecule has 0 fully saturated rings. The summed E-state index contributed by atoms with van der Waals surface area (Å²) in [6, 6.07) is 1.73. The lowest BCUT2D eigenvalue weighted by Gasteiger charge is -2.09. The van der Waals surface area contributed by atoms with E-state index in [1.165, 1.54) is 29.6 Å². The predicted octanol–water partition coefficient (Wildman–Crippen LogP) is 1.11. The Hall–Kier alpha value is -2.82. The van der Waals surface area contributed by atoms with Gasteiger partial charge in [0.05, 0.1) is 16.5 Å². The van der Waals surface area contributed by atoms with Crippen LogP contribution in [0.1, 0.15) is 0 Å². The van der Waals surface area contributed by atoms with Crippen LogP contribution >= 0.6 is 15.9 Å². The average molecular weight is 428 g/mol. The number of anilines is 1. The van der Waals surface area contributed by atoms with Gasteiger partial charge in [0.2, 0.25) is 5.91 Å². The van der Waals surface area contributed by atoms with E-state index in [4.69, 9.17) is 0 Å². The molecule has 3 rings (SSSR count). The monoisotopic (exact) mass is 427 g/mol. The van der Waals surface area contributed by atoms with Gasteiger partial charge < -0.3 is 9.88 Å². The number of carbonyl (C=O) groups excluding carboxylic acids is 1. The molecular formula is C15H12BrF2N5O3. The fourth-order valence-electron chi connectivity index (χ4n) is 2.48. The minimum Gasteiger partial charge on any atom is -0.322 e. The van der Waals surface area contributed by atoms with Crippen molar-refractivity contribution in [2.75, 3.05) is 5.32 Å². The molecule has 0 aliphatic heterocycles. The van der Waals surface area contributed by atoms with Crippen molar-refractivity contribution in [2.45, 2.75) is 6.54 Å². The summed E-state index contributed by atoms with van der Waals surface area (Å²) in [5.41, 5.74) is -1.33. The molecule has 0 saturated heterocycles. The highest BCUT2D eigenvalue weighted by Crippen LogP contribution is 2.23. The number of aromatic nitrogens is 4. The van der Waals surface area contributed by atoms with Gasteiger partial charge in [0, 0.05) is 20.2 Å². The van der Waals surface area contributed by atoms with Gasteiger partial charge in [0.25, 0.3) is 5.56 Å². The first-order valence-electron chi connectivity index (χ1n) is 7.26. The van der Waals surface area contributed by atoms with Gasteiger partial charge in [-0.25, -0.2) is 18.6 Å². The fraction of sp³-hybridized carbons (Fsp3) is 0.200. The van der Waals surface area contributed by atoms with Crippen LogP contribution in [0.5, 0.6) is 0 Å². The highest BCUT2D eigenvalue weighted by Gasteiger charge is 2.17. The second-order valence-electron chi connectivity index (χ2n) is 5.54. The SMILES string of the molecule is Cn1c(=O)c2c(ncn2CC(=O)Nc2cc(F)c(Br)cc2F)n(C)c1=O. The van der Waals surface area contributed by atoms with Gasteiger partial charge in [-0.1, -0.05) is 0 Å². The van der Waals surface area contributed by atoms with Gasteiger partial charge in [-0.15, -0.1) is 0 Å². The molecule has 0 saturated carbocycles. The number of nitrogens with zero attached hydrogens (tertiary/aromatic N) is 4. The number of carbonyl (C=O) groups is 1. The van der Waals surface area contributed by atoms with E-state index in [0.717, 1.165) is 16.7 Å². The average Bonchev–Trinajstić information content (AvgIpc) is 2.99. The Bertz CT molecular complexity index is 1160. The van der Waals surface area contributed by atoms with Gasteiger partial charge >= 0.3 is 5.69 Å². The van der Waals surface area contributed by atoms with Crippen molar-refractivity contribution in [3.63, 3.8) is 0 Å². The Labute approximate surface area is 152 Å². The van der Waals surface area contributed by atoms with Crippen LogP contribution in [0.15, 0.2) is 32.5 Å². The van der Waals surface area contributed by atoms with Crippen molar-refractivity contribution in [3.8, 4) is 0 Å². The smallest absolute Gasteiger partial charge is 0.322 e. The molecule has 11 heteroatoms. The van der Waals surface area contributed by atoms with Crippen LogP contribution in [-0.2, 0) is 25.4 Å². The summed E-state index contributed by atoms with van der Waals surface area (Å²) < 4.78 is 30.6. The third-order valence-electron chi connectivity index (χ3n) is 3.82. The number of amides is 1.